The maximum Gasteiger partial charge on any atom is 0.0249 e. The second-order valence-corrected chi connectivity index (χ2v) is 5.81. The quantitative estimate of drug-likeness (QED) is 0.843. The fourth-order valence-corrected chi connectivity index (χ4v) is 3.20. The summed E-state index contributed by atoms with van der Waals surface area (Å²) >= 11 is 0. The number of benzene rings is 1. The minimum absolute atomic E-state index is 0.683. The highest BCUT2D eigenvalue weighted by molar-refractivity contribution is 5.14. The van der Waals surface area contributed by atoms with Crippen LogP contribution in [0.3, 0.4) is 0 Å². The van der Waals surface area contributed by atoms with E-state index in [-0.39, 0.29) is 0 Å². The first-order valence-corrected chi connectivity index (χ1v) is 7.79. The number of nitrogens with one attached hydrogen (secondary N) is 1. The average Bonchev–Trinajstić information content (AvgIpc) is 2.46. The van der Waals surface area contributed by atoms with Crippen molar-refractivity contribution in [2.24, 2.45) is 0 Å². The van der Waals surface area contributed by atoms with Gasteiger partial charge in [-0.15, -0.1) is 0 Å². The molecule has 106 valence electrons. The molecule has 0 aliphatic heterocycles. The standard InChI is InChI=1S/C17H28N2/c1-3-13-18-16-11-7-8-12-17(16)19(2)14-15-9-5-4-6-10-15/h4-6,9-10,16-18H,3,7-8,11-14H2,1-2H3. The summed E-state index contributed by atoms with van der Waals surface area (Å²) in [7, 11) is 2.28. The molecule has 0 amide bonds. The van der Waals surface area contributed by atoms with E-state index < -0.39 is 0 Å². The molecule has 1 aliphatic carbocycles. The van der Waals surface area contributed by atoms with Gasteiger partial charge >= 0.3 is 0 Å². The molecule has 2 rings (SSSR count). The third kappa shape index (κ3) is 4.32. The van der Waals surface area contributed by atoms with Crippen molar-refractivity contribution in [3.05, 3.63) is 35.9 Å². The van der Waals surface area contributed by atoms with Gasteiger partial charge in [-0.1, -0.05) is 50.1 Å². The Hall–Kier alpha value is -0.860. The Kier molecular flexibility index (Phi) is 5.87. The summed E-state index contributed by atoms with van der Waals surface area (Å²) in [5.41, 5.74) is 1.42. The molecule has 0 aromatic heterocycles. The summed E-state index contributed by atoms with van der Waals surface area (Å²) in [5.74, 6) is 0. The van der Waals surface area contributed by atoms with Crippen molar-refractivity contribution in [2.45, 2.75) is 57.7 Å². The fourth-order valence-electron chi connectivity index (χ4n) is 3.20. The monoisotopic (exact) mass is 260 g/mol. The van der Waals surface area contributed by atoms with Crippen LogP contribution in [0.25, 0.3) is 0 Å². The van der Waals surface area contributed by atoms with Crippen LogP contribution in [0.2, 0.25) is 0 Å². The molecule has 1 fully saturated rings. The first kappa shape index (κ1) is 14.5. The van der Waals surface area contributed by atoms with E-state index in [4.69, 9.17) is 0 Å². The van der Waals surface area contributed by atoms with Crippen molar-refractivity contribution in [3.8, 4) is 0 Å². The van der Waals surface area contributed by atoms with Crippen molar-refractivity contribution >= 4 is 0 Å². The largest absolute Gasteiger partial charge is 0.312 e. The SMILES string of the molecule is CCCNC1CCCCC1N(C)Cc1ccccc1. The van der Waals surface area contributed by atoms with Gasteiger partial charge < -0.3 is 5.32 Å². The summed E-state index contributed by atoms with van der Waals surface area (Å²) in [6.45, 7) is 4.47. The molecule has 2 heteroatoms. The van der Waals surface area contributed by atoms with Gasteiger partial charge in [-0.2, -0.15) is 0 Å². The van der Waals surface area contributed by atoms with Gasteiger partial charge in [0.25, 0.3) is 0 Å². The molecule has 1 saturated carbocycles. The summed E-state index contributed by atoms with van der Waals surface area (Å²) in [6.07, 6.45) is 6.67. The van der Waals surface area contributed by atoms with Crippen LogP contribution in [-0.2, 0) is 6.54 Å². The lowest BCUT2D eigenvalue weighted by atomic mass is 9.89. The minimum atomic E-state index is 0.683. The summed E-state index contributed by atoms with van der Waals surface area (Å²) < 4.78 is 0. The van der Waals surface area contributed by atoms with Gasteiger partial charge in [-0.05, 0) is 38.4 Å². The van der Waals surface area contributed by atoms with Gasteiger partial charge in [0.1, 0.15) is 0 Å². The van der Waals surface area contributed by atoms with Gasteiger partial charge in [0.15, 0.2) is 0 Å². The topological polar surface area (TPSA) is 15.3 Å². The maximum absolute atomic E-state index is 3.75. The van der Waals surface area contributed by atoms with E-state index in [1.54, 1.807) is 0 Å². The molecule has 0 bridgehead atoms. The lowest BCUT2D eigenvalue weighted by Gasteiger charge is -2.38. The first-order chi connectivity index (χ1) is 9.31. The van der Waals surface area contributed by atoms with Gasteiger partial charge in [-0.3, -0.25) is 4.90 Å². The fraction of sp³-hybridized carbons (Fsp3) is 0.647. The molecule has 1 aliphatic rings. The predicted molar refractivity (Wildman–Crippen MR) is 82.2 cm³/mol. The van der Waals surface area contributed by atoms with Crippen LogP contribution >= 0.6 is 0 Å². The van der Waals surface area contributed by atoms with Crippen molar-refractivity contribution in [2.75, 3.05) is 13.6 Å². The van der Waals surface area contributed by atoms with Crippen LogP contribution in [0, 0.1) is 0 Å². The van der Waals surface area contributed by atoms with E-state index in [2.05, 4.69) is 54.5 Å². The average molecular weight is 260 g/mol. The normalized spacial score (nSPS) is 23.7. The Morgan fingerprint density at radius 3 is 2.63 bits per heavy atom. The van der Waals surface area contributed by atoms with Gasteiger partial charge in [0, 0.05) is 18.6 Å². The van der Waals surface area contributed by atoms with Crippen molar-refractivity contribution in [3.63, 3.8) is 0 Å². The van der Waals surface area contributed by atoms with Crippen LogP contribution in [0.1, 0.15) is 44.6 Å². The zero-order chi connectivity index (χ0) is 13.5. The van der Waals surface area contributed by atoms with Crippen LogP contribution < -0.4 is 5.32 Å². The van der Waals surface area contributed by atoms with Gasteiger partial charge in [0.2, 0.25) is 0 Å². The number of likely N-dealkylation sites (N-methyl/N-ethyl adjacent to an activating group) is 1. The van der Waals surface area contributed by atoms with Gasteiger partial charge in [0.05, 0.1) is 0 Å². The highest BCUT2D eigenvalue weighted by Crippen LogP contribution is 2.23. The first-order valence-electron chi connectivity index (χ1n) is 7.79. The van der Waals surface area contributed by atoms with Crippen molar-refractivity contribution in [1.82, 2.24) is 10.2 Å². The number of nitrogens with zero attached hydrogens (tertiary/aromatic N) is 1. The van der Waals surface area contributed by atoms with E-state index >= 15 is 0 Å². The molecule has 2 nitrogen and oxygen atoms in total. The molecule has 19 heavy (non-hydrogen) atoms. The molecule has 0 saturated heterocycles. The molecule has 0 radical (unpaired) electrons. The van der Waals surface area contributed by atoms with E-state index in [9.17, 15) is 0 Å². The van der Waals surface area contributed by atoms with E-state index in [0.29, 0.717) is 12.1 Å². The van der Waals surface area contributed by atoms with E-state index in [0.717, 1.165) is 13.1 Å². The molecular formula is C17H28N2. The molecule has 0 spiro atoms. The van der Waals surface area contributed by atoms with Crippen molar-refractivity contribution < 1.29 is 0 Å². The Morgan fingerprint density at radius 2 is 1.89 bits per heavy atom. The Bertz CT molecular complexity index is 350. The highest BCUT2D eigenvalue weighted by Gasteiger charge is 2.27. The predicted octanol–water partition coefficient (Wildman–Crippen LogP) is 3.43. The van der Waals surface area contributed by atoms with E-state index in [1.807, 2.05) is 0 Å². The molecular weight excluding hydrogens is 232 g/mol. The zero-order valence-corrected chi connectivity index (χ0v) is 12.4. The molecule has 1 aromatic carbocycles. The van der Waals surface area contributed by atoms with Crippen molar-refractivity contribution in [1.29, 1.82) is 0 Å². The summed E-state index contributed by atoms with van der Waals surface area (Å²) in [6, 6.07) is 12.2. The molecule has 1 aromatic rings. The molecule has 1 N–H and O–H groups in total. The lowest BCUT2D eigenvalue weighted by molar-refractivity contribution is 0.143. The summed E-state index contributed by atoms with van der Waals surface area (Å²) in [5, 5.41) is 3.75. The third-order valence-corrected chi connectivity index (χ3v) is 4.23. The third-order valence-electron chi connectivity index (χ3n) is 4.23. The van der Waals surface area contributed by atoms with Crippen LogP contribution in [-0.4, -0.2) is 30.6 Å². The molecule has 2 atom stereocenters. The second kappa shape index (κ2) is 7.66. The van der Waals surface area contributed by atoms with Crippen LogP contribution in [0.15, 0.2) is 30.3 Å². The summed E-state index contributed by atoms with van der Waals surface area (Å²) in [4.78, 5) is 2.54. The van der Waals surface area contributed by atoms with Gasteiger partial charge in [-0.25, -0.2) is 0 Å². The van der Waals surface area contributed by atoms with E-state index in [1.165, 1.54) is 37.7 Å². The lowest BCUT2D eigenvalue weighted by Crippen LogP contribution is -2.50. The van der Waals surface area contributed by atoms with Crippen LogP contribution in [0.4, 0.5) is 0 Å². The van der Waals surface area contributed by atoms with Crippen LogP contribution in [0.5, 0.6) is 0 Å². The number of hydrogen-bond acceptors (Lipinski definition) is 2. The Morgan fingerprint density at radius 1 is 1.16 bits per heavy atom. The Balaban J connectivity index is 1.93. The number of hydrogen-bond donors (Lipinski definition) is 1. The maximum atomic E-state index is 3.75. The molecule has 2 unspecified atom stereocenters. The highest BCUT2D eigenvalue weighted by atomic mass is 15.2. The zero-order valence-electron chi connectivity index (χ0n) is 12.4. The number of rotatable bonds is 6. The Labute approximate surface area is 118 Å². The second-order valence-electron chi connectivity index (χ2n) is 5.81. The minimum Gasteiger partial charge on any atom is -0.312 e. The smallest absolute Gasteiger partial charge is 0.0249 e. The molecule has 0 heterocycles.